The van der Waals surface area contributed by atoms with E-state index in [4.69, 9.17) is 9.40 Å². The highest BCUT2D eigenvalue weighted by Gasteiger charge is 2.35. The molecule has 0 radical (unpaired) electrons. The highest BCUT2D eigenvalue weighted by molar-refractivity contribution is 6.19. The summed E-state index contributed by atoms with van der Waals surface area (Å²) in [6.45, 7) is 0. The average Bonchev–Trinajstić information content (AvgIpc) is 3.70. The standard InChI is InChI=1S/C45H29N3O12/c49-30-25(26-32(51)33(52)27-28-34(53)38(57)39(58)40(59)42(28)60-41(27)37(26)56)31(50)36(55)29(35(30)54)45-47-43(23-15-11-21(12-16-23)19-7-3-1-4-8-19)46-44(48-45)24-17-13-22(14-18-24)20-9-5-2-6-10-20/h1-18,49-59H. The SMILES string of the molecule is Oc1c(O)c(-c2c(O)c(O)c3c(oc4c(O)c(O)c(O)c(O)c43)c2O)c(O)c(O)c1-c1nc(-c2ccc(-c3ccccc3)cc2)nc(-c2ccc(-c3ccccc3)cc2)n1. The Morgan fingerprint density at radius 3 is 1.05 bits per heavy atom. The van der Waals surface area contributed by atoms with E-state index in [1.54, 1.807) is 24.3 Å². The molecule has 0 saturated heterocycles. The number of rotatable bonds is 6. The fourth-order valence-corrected chi connectivity index (χ4v) is 7.14. The molecule has 2 heterocycles. The molecule has 15 heteroatoms. The number of nitrogens with zero attached hydrogens (tertiary/aromatic N) is 3. The van der Waals surface area contributed by atoms with Gasteiger partial charge >= 0.3 is 0 Å². The number of phenolic OH excluding ortho intramolecular Hbond substituents is 11. The Bertz CT molecular complexity index is 3060. The molecule has 0 aliphatic heterocycles. The van der Waals surface area contributed by atoms with Crippen LogP contribution in [0.3, 0.4) is 0 Å². The monoisotopic (exact) mass is 803 g/mol. The predicted octanol–water partition coefficient (Wildman–Crippen LogP) is 8.53. The molecule has 0 saturated carbocycles. The first-order valence-electron chi connectivity index (χ1n) is 17.9. The minimum Gasteiger partial charge on any atom is -0.504 e. The molecular formula is C45H29N3O12. The van der Waals surface area contributed by atoms with Crippen LogP contribution in [0.25, 0.3) is 89.5 Å². The Hall–Kier alpha value is -8.85. The number of aromatic hydroxyl groups is 11. The van der Waals surface area contributed by atoms with Gasteiger partial charge in [-0.3, -0.25) is 0 Å². The van der Waals surface area contributed by atoms with Gasteiger partial charge in [-0.15, -0.1) is 0 Å². The molecule has 0 bridgehead atoms. The van der Waals surface area contributed by atoms with E-state index in [0.29, 0.717) is 11.1 Å². The van der Waals surface area contributed by atoms with Gasteiger partial charge in [0.15, 0.2) is 74.6 Å². The summed E-state index contributed by atoms with van der Waals surface area (Å²) < 4.78 is 5.42. The third kappa shape index (κ3) is 5.56. The van der Waals surface area contributed by atoms with Crippen molar-refractivity contribution in [2.24, 2.45) is 0 Å². The fraction of sp³-hybridized carbons (Fsp3) is 0. The van der Waals surface area contributed by atoms with E-state index in [1.165, 1.54) is 0 Å². The van der Waals surface area contributed by atoms with E-state index < -0.39 is 108 Å². The van der Waals surface area contributed by atoms with Gasteiger partial charge < -0.3 is 60.6 Å². The molecule has 9 aromatic rings. The van der Waals surface area contributed by atoms with Gasteiger partial charge in [0.05, 0.1) is 21.9 Å². The largest absolute Gasteiger partial charge is 0.504 e. The summed E-state index contributed by atoms with van der Waals surface area (Å²) in [7, 11) is 0. The van der Waals surface area contributed by atoms with Crippen molar-refractivity contribution in [3.8, 4) is 131 Å². The lowest BCUT2D eigenvalue weighted by Gasteiger charge is -2.18. The van der Waals surface area contributed by atoms with E-state index in [9.17, 15) is 56.2 Å². The zero-order valence-corrected chi connectivity index (χ0v) is 30.6. The summed E-state index contributed by atoms with van der Waals surface area (Å²) in [6.07, 6.45) is 0. The Morgan fingerprint density at radius 2 is 0.583 bits per heavy atom. The zero-order valence-electron chi connectivity index (χ0n) is 30.6. The molecule has 7 aromatic carbocycles. The highest BCUT2D eigenvalue weighted by Crippen LogP contribution is 2.63. The molecule has 0 amide bonds. The van der Waals surface area contributed by atoms with Gasteiger partial charge in [-0.05, 0) is 22.3 Å². The molecular weight excluding hydrogens is 775 g/mol. The van der Waals surface area contributed by atoms with Crippen LogP contribution in [0.4, 0.5) is 0 Å². The molecule has 0 aliphatic rings. The number of aromatic nitrogens is 3. The average molecular weight is 804 g/mol. The summed E-state index contributed by atoms with van der Waals surface area (Å²) in [5.41, 5.74) is 0.464. The van der Waals surface area contributed by atoms with Gasteiger partial charge in [-0.1, -0.05) is 109 Å². The molecule has 0 spiro atoms. The van der Waals surface area contributed by atoms with Crippen molar-refractivity contribution in [1.82, 2.24) is 15.0 Å². The normalized spacial score (nSPS) is 11.4. The lowest BCUT2D eigenvalue weighted by atomic mass is 9.95. The lowest BCUT2D eigenvalue weighted by Crippen LogP contribution is -2.01. The first-order chi connectivity index (χ1) is 28.8. The summed E-state index contributed by atoms with van der Waals surface area (Å²) in [4.78, 5) is 13.7. The third-order valence-electron chi connectivity index (χ3n) is 10.2. The summed E-state index contributed by atoms with van der Waals surface area (Å²) >= 11 is 0. The zero-order chi connectivity index (χ0) is 42.1. The van der Waals surface area contributed by atoms with Gasteiger partial charge in [0.25, 0.3) is 0 Å². The molecule has 15 nitrogen and oxygen atoms in total. The van der Waals surface area contributed by atoms with E-state index >= 15 is 0 Å². The molecule has 0 aliphatic carbocycles. The lowest BCUT2D eigenvalue weighted by molar-refractivity contribution is 0.348. The van der Waals surface area contributed by atoms with Crippen molar-refractivity contribution < 1.29 is 60.6 Å². The van der Waals surface area contributed by atoms with Gasteiger partial charge in [-0.25, -0.2) is 15.0 Å². The van der Waals surface area contributed by atoms with Crippen molar-refractivity contribution in [2.75, 3.05) is 0 Å². The quantitative estimate of drug-likeness (QED) is 0.0555. The topological polar surface area (TPSA) is 274 Å². The maximum absolute atomic E-state index is 11.6. The summed E-state index contributed by atoms with van der Waals surface area (Å²) in [6, 6.07) is 33.7. The number of benzene rings is 7. The second-order valence-corrected chi connectivity index (χ2v) is 13.7. The molecule has 9 rings (SSSR count). The summed E-state index contributed by atoms with van der Waals surface area (Å²) in [5, 5.41) is 120. The van der Waals surface area contributed by atoms with Crippen LogP contribution in [0, 0.1) is 0 Å². The van der Waals surface area contributed by atoms with Crippen LogP contribution < -0.4 is 0 Å². The van der Waals surface area contributed by atoms with Gasteiger partial charge in [-0.2, -0.15) is 0 Å². The van der Waals surface area contributed by atoms with Crippen LogP contribution in [-0.2, 0) is 0 Å². The molecule has 0 atom stereocenters. The smallest absolute Gasteiger partial charge is 0.208 e. The first-order valence-corrected chi connectivity index (χ1v) is 17.9. The van der Waals surface area contributed by atoms with Crippen LogP contribution in [0.2, 0.25) is 0 Å². The van der Waals surface area contributed by atoms with Crippen molar-refractivity contribution in [1.29, 1.82) is 0 Å². The number of hydrogen-bond acceptors (Lipinski definition) is 15. The van der Waals surface area contributed by atoms with Gasteiger partial charge in [0.2, 0.25) is 17.2 Å². The van der Waals surface area contributed by atoms with Crippen LogP contribution in [0.5, 0.6) is 63.2 Å². The molecule has 0 unspecified atom stereocenters. The van der Waals surface area contributed by atoms with Crippen molar-refractivity contribution in [3.63, 3.8) is 0 Å². The van der Waals surface area contributed by atoms with Gasteiger partial charge in [0.1, 0.15) is 5.56 Å². The van der Waals surface area contributed by atoms with Crippen molar-refractivity contribution >= 4 is 21.9 Å². The Labute approximate surface area is 336 Å². The Kier molecular flexibility index (Phi) is 8.38. The third-order valence-corrected chi connectivity index (χ3v) is 10.2. The fourth-order valence-electron chi connectivity index (χ4n) is 7.14. The second kappa shape index (κ2) is 13.7. The molecule has 0 fully saturated rings. The maximum atomic E-state index is 11.6. The minimum absolute atomic E-state index is 0.0720. The number of furan rings is 1. The minimum atomic E-state index is -1.28. The van der Waals surface area contributed by atoms with Crippen LogP contribution in [-0.4, -0.2) is 71.1 Å². The van der Waals surface area contributed by atoms with Crippen molar-refractivity contribution in [3.05, 3.63) is 109 Å². The predicted molar refractivity (Wildman–Crippen MR) is 218 cm³/mol. The van der Waals surface area contributed by atoms with Crippen LogP contribution >= 0.6 is 0 Å². The van der Waals surface area contributed by atoms with E-state index in [2.05, 4.69) is 9.97 Å². The van der Waals surface area contributed by atoms with Gasteiger partial charge in [0, 0.05) is 11.1 Å². The number of fused-ring (bicyclic) bond motifs is 3. The summed E-state index contributed by atoms with van der Waals surface area (Å²) in [5.74, 6) is -13.3. The van der Waals surface area contributed by atoms with E-state index in [1.807, 2.05) is 84.9 Å². The highest BCUT2D eigenvalue weighted by atomic mass is 16.4. The first kappa shape index (κ1) is 36.8. The molecule has 2 aromatic heterocycles. The van der Waals surface area contributed by atoms with E-state index in [0.717, 1.165) is 22.3 Å². The molecule has 11 N–H and O–H groups in total. The Morgan fingerprint density at radius 1 is 0.267 bits per heavy atom. The van der Waals surface area contributed by atoms with E-state index in [-0.39, 0.29) is 11.6 Å². The maximum Gasteiger partial charge on any atom is 0.208 e. The number of hydrogen-bond donors (Lipinski definition) is 11. The van der Waals surface area contributed by atoms with Crippen molar-refractivity contribution in [2.45, 2.75) is 0 Å². The number of phenols is 11. The molecule has 296 valence electrons. The Balaban J connectivity index is 1.23. The van der Waals surface area contributed by atoms with Crippen LogP contribution in [0.15, 0.2) is 114 Å². The molecule has 60 heavy (non-hydrogen) atoms. The van der Waals surface area contributed by atoms with Crippen LogP contribution in [0.1, 0.15) is 0 Å². The second-order valence-electron chi connectivity index (χ2n) is 13.7.